The van der Waals surface area contributed by atoms with Gasteiger partial charge in [0.2, 0.25) is 0 Å². The standard InChI is InChI=1S/C15H25NO2/c1-4-18-8-7-15(17)14(10-16)13-6-5-11(2)12(3)9-13/h5-6,9,14-15,17H,4,7-8,10,16H2,1-3H3. The van der Waals surface area contributed by atoms with Gasteiger partial charge in [-0.2, -0.15) is 0 Å². The molecule has 0 aliphatic carbocycles. The van der Waals surface area contributed by atoms with E-state index in [4.69, 9.17) is 10.5 Å². The largest absolute Gasteiger partial charge is 0.392 e. The Morgan fingerprint density at radius 2 is 2.00 bits per heavy atom. The number of benzene rings is 1. The third kappa shape index (κ3) is 4.09. The van der Waals surface area contributed by atoms with E-state index >= 15 is 0 Å². The Morgan fingerprint density at radius 3 is 2.56 bits per heavy atom. The maximum Gasteiger partial charge on any atom is 0.0642 e. The van der Waals surface area contributed by atoms with Crippen molar-refractivity contribution in [3.05, 3.63) is 34.9 Å². The summed E-state index contributed by atoms with van der Waals surface area (Å²) in [6.07, 6.45) is 0.187. The summed E-state index contributed by atoms with van der Waals surface area (Å²) in [6.45, 7) is 7.84. The quantitative estimate of drug-likeness (QED) is 0.730. The minimum absolute atomic E-state index is 0.00949. The molecule has 0 spiro atoms. The highest BCUT2D eigenvalue weighted by Gasteiger charge is 2.19. The molecule has 3 nitrogen and oxygen atoms in total. The molecule has 3 heteroatoms. The molecule has 0 saturated heterocycles. The van der Waals surface area contributed by atoms with E-state index in [-0.39, 0.29) is 5.92 Å². The minimum Gasteiger partial charge on any atom is -0.392 e. The van der Waals surface area contributed by atoms with Crippen molar-refractivity contribution in [2.75, 3.05) is 19.8 Å². The molecule has 2 atom stereocenters. The first-order chi connectivity index (χ1) is 8.60. The monoisotopic (exact) mass is 251 g/mol. The van der Waals surface area contributed by atoms with Crippen LogP contribution in [0.1, 0.15) is 36.0 Å². The molecule has 0 aliphatic heterocycles. The van der Waals surface area contributed by atoms with Gasteiger partial charge < -0.3 is 15.6 Å². The maximum absolute atomic E-state index is 10.2. The molecule has 18 heavy (non-hydrogen) atoms. The van der Waals surface area contributed by atoms with Gasteiger partial charge in [-0.3, -0.25) is 0 Å². The van der Waals surface area contributed by atoms with Crippen LogP contribution in [0.4, 0.5) is 0 Å². The number of aryl methyl sites for hydroxylation is 2. The second-order valence-electron chi connectivity index (χ2n) is 4.74. The predicted molar refractivity (Wildman–Crippen MR) is 74.8 cm³/mol. The van der Waals surface area contributed by atoms with Crippen molar-refractivity contribution in [1.29, 1.82) is 0 Å². The molecule has 2 unspecified atom stereocenters. The van der Waals surface area contributed by atoms with Crippen LogP contribution in [0.2, 0.25) is 0 Å². The van der Waals surface area contributed by atoms with E-state index in [0.717, 1.165) is 5.56 Å². The van der Waals surface area contributed by atoms with E-state index in [0.29, 0.717) is 26.2 Å². The molecule has 1 aromatic carbocycles. The van der Waals surface area contributed by atoms with Gasteiger partial charge in [0.1, 0.15) is 0 Å². The van der Waals surface area contributed by atoms with Crippen LogP contribution < -0.4 is 5.73 Å². The lowest BCUT2D eigenvalue weighted by Crippen LogP contribution is -2.27. The van der Waals surface area contributed by atoms with Crippen molar-refractivity contribution in [3.63, 3.8) is 0 Å². The molecule has 0 heterocycles. The molecule has 102 valence electrons. The summed E-state index contributed by atoms with van der Waals surface area (Å²) in [5.74, 6) is -0.00949. The average Bonchev–Trinajstić information content (AvgIpc) is 2.35. The number of ether oxygens (including phenoxy) is 1. The molecule has 1 aromatic rings. The lowest BCUT2D eigenvalue weighted by atomic mass is 9.90. The zero-order valence-electron chi connectivity index (χ0n) is 11.6. The van der Waals surface area contributed by atoms with Crippen LogP contribution >= 0.6 is 0 Å². The van der Waals surface area contributed by atoms with Crippen molar-refractivity contribution >= 4 is 0 Å². The number of aliphatic hydroxyl groups excluding tert-OH is 1. The molecule has 0 radical (unpaired) electrons. The topological polar surface area (TPSA) is 55.5 Å². The van der Waals surface area contributed by atoms with E-state index in [2.05, 4.69) is 32.0 Å². The Kier molecular flexibility index (Phi) is 6.33. The summed E-state index contributed by atoms with van der Waals surface area (Å²) in [5.41, 5.74) is 9.41. The first kappa shape index (κ1) is 15.2. The molecular formula is C15H25NO2. The van der Waals surface area contributed by atoms with Crippen LogP contribution in [0, 0.1) is 13.8 Å². The van der Waals surface area contributed by atoms with Gasteiger partial charge in [-0.15, -0.1) is 0 Å². The molecule has 0 fully saturated rings. The maximum atomic E-state index is 10.2. The molecule has 1 rings (SSSR count). The van der Waals surface area contributed by atoms with Crippen molar-refractivity contribution in [3.8, 4) is 0 Å². The van der Waals surface area contributed by atoms with Crippen molar-refractivity contribution < 1.29 is 9.84 Å². The van der Waals surface area contributed by atoms with Crippen LogP contribution in [0.5, 0.6) is 0 Å². The summed E-state index contributed by atoms with van der Waals surface area (Å²) < 4.78 is 5.28. The highest BCUT2D eigenvalue weighted by molar-refractivity contribution is 5.32. The Bertz CT molecular complexity index is 366. The van der Waals surface area contributed by atoms with Crippen LogP contribution in [-0.4, -0.2) is 31.0 Å². The minimum atomic E-state index is -0.441. The van der Waals surface area contributed by atoms with Gasteiger partial charge in [-0.25, -0.2) is 0 Å². The van der Waals surface area contributed by atoms with Gasteiger partial charge >= 0.3 is 0 Å². The summed E-state index contributed by atoms with van der Waals surface area (Å²) in [6, 6.07) is 6.27. The Labute approximate surface area is 110 Å². The molecule has 0 bridgehead atoms. The second kappa shape index (κ2) is 7.52. The van der Waals surface area contributed by atoms with Crippen molar-refractivity contribution in [2.45, 2.75) is 39.2 Å². The predicted octanol–water partition coefficient (Wildman–Crippen LogP) is 2.13. The van der Waals surface area contributed by atoms with E-state index < -0.39 is 6.10 Å². The van der Waals surface area contributed by atoms with Crippen molar-refractivity contribution in [2.24, 2.45) is 5.73 Å². The molecular weight excluding hydrogens is 226 g/mol. The summed E-state index contributed by atoms with van der Waals surface area (Å²) in [4.78, 5) is 0. The molecule has 0 saturated carbocycles. The number of aliphatic hydroxyl groups is 1. The average molecular weight is 251 g/mol. The number of rotatable bonds is 7. The number of hydrogen-bond donors (Lipinski definition) is 2. The highest BCUT2D eigenvalue weighted by atomic mass is 16.5. The van der Waals surface area contributed by atoms with Gasteiger partial charge in [0.25, 0.3) is 0 Å². The lowest BCUT2D eigenvalue weighted by Gasteiger charge is -2.22. The SMILES string of the molecule is CCOCCC(O)C(CN)c1ccc(C)c(C)c1. The fraction of sp³-hybridized carbons (Fsp3) is 0.600. The van der Waals surface area contributed by atoms with Crippen molar-refractivity contribution in [1.82, 2.24) is 0 Å². The molecule has 0 aliphatic rings. The fourth-order valence-electron chi connectivity index (χ4n) is 2.06. The van der Waals surface area contributed by atoms with Crippen LogP contribution in [0.25, 0.3) is 0 Å². The van der Waals surface area contributed by atoms with Gasteiger partial charge in [0.15, 0.2) is 0 Å². The zero-order chi connectivity index (χ0) is 13.5. The van der Waals surface area contributed by atoms with E-state index in [1.807, 2.05) is 6.92 Å². The molecule has 3 N–H and O–H groups in total. The van der Waals surface area contributed by atoms with E-state index in [1.54, 1.807) is 0 Å². The lowest BCUT2D eigenvalue weighted by molar-refractivity contribution is 0.0752. The van der Waals surface area contributed by atoms with Gasteiger partial charge in [0, 0.05) is 25.7 Å². The van der Waals surface area contributed by atoms with Crippen LogP contribution in [0.3, 0.4) is 0 Å². The molecule has 0 aromatic heterocycles. The first-order valence-electron chi connectivity index (χ1n) is 6.63. The Hall–Kier alpha value is -0.900. The second-order valence-corrected chi connectivity index (χ2v) is 4.74. The molecule has 0 amide bonds. The van der Waals surface area contributed by atoms with Gasteiger partial charge in [-0.05, 0) is 43.9 Å². The normalized spacial score (nSPS) is 14.5. The Morgan fingerprint density at radius 1 is 1.28 bits per heavy atom. The number of hydrogen-bond acceptors (Lipinski definition) is 3. The third-order valence-corrected chi connectivity index (χ3v) is 3.44. The first-order valence-corrected chi connectivity index (χ1v) is 6.63. The zero-order valence-corrected chi connectivity index (χ0v) is 11.6. The summed E-state index contributed by atoms with van der Waals surface area (Å²) in [7, 11) is 0. The van der Waals surface area contributed by atoms with Crippen LogP contribution in [-0.2, 0) is 4.74 Å². The number of nitrogens with two attached hydrogens (primary N) is 1. The Balaban J connectivity index is 2.72. The highest BCUT2D eigenvalue weighted by Crippen LogP contribution is 2.23. The van der Waals surface area contributed by atoms with Gasteiger partial charge in [0.05, 0.1) is 6.10 Å². The smallest absolute Gasteiger partial charge is 0.0642 e. The van der Waals surface area contributed by atoms with Gasteiger partial charge in [-0.1, -0.05) is 18.2 Å². The van der Waals surface area contributed by atoms with Crippen LogP contribution in [0.15, 0.2) is 18.2 Å². The fourth-order valence-corrected chi connectivity index (χ4v) is 2.06. The summed E-state index contributed by atoms with van der Waals surface area (Å²) >= 11 is 0. The van der Waals surface area contributed by atoms with E-state index in [9.17, 15) is 5.11 Å². The summed E-state index contributed by atoms with van der Waals surface area (Å²) in [5, 5.41) is 10.2. The van der Waals surface area contributed by atoms with E-state index in [1.165, 1.54) is 11.1 Å². The third-order valence-electron chi connectivity index (χ3n) is 3.44.